The van der Waals surface area contributed by atoms with Gasteiger partial charge in [0.15, 0.2) is 0 Å². The highest BCUT2D eigenvalue weighted by Crippen LogP contribution is 2.27. The number of nitrogens with two attached hydrogens (primary N) is 1. The van der Waals surface area contributed by atoms with Crippen LogP contribution < -0.4 is 5.73 Å². The number of halogens is 1. The molecule has 0 aliphatic heterocycles. The summed E-state index contributed by atoms with van der Waals surface area (Å²) in [5, 5.41) is 18.8. The van der Waals surface area contributed by atoms with Crippen molar-refractivity contribution < 1.29 is 10.2 Å². The molecule has 0 spiro atoms. The monoisotopic (exact) mass is 262 g/mol. The number of benzene rings is 2. The number of aliphatic imine (C=N–C) groups is 1. The van der Waals surface area contributed by atoms with Crippen LogP contribution in [0.2, 0.25) is 5.02 Å². The Labute approximate surface area is 109 Å². The Morgan fingerprint density at radius 3 is 2.39 bits per heavy atom. The molecule has 0 fully saturated rings. The summed E-state index contributed by atoms with van der Waals surface area (Å²) >= 11 is 5.84. The summed E-state index contributed by atoms with van der Waals surface area (Å²) in [7, 11) is 0. The summed E-state index contributed by atoms with van der Waals surface area (Å²) in [4.78, 5) is 4.17. The zero-order chi connectivity index (χ0) is 13.1. The number of phenolic OH excluding ortho intramolecular Hbond substituents is 2. The van der Waals surface area contributed by atoms with Crippen molar-refractivity contribution >= 4 is 29.2 Å². The van der Waals surface area contributed by atoms with Gasteiger partial charge in [0.05, 0.1) is 16.4 Å². The van der Waals surface area contributed by atoms with E-state index in [1.807, 2.05) is 0 Å². The number of nitrogens with zero attached hydrogens (tertiary/aromatic N) is 1. The molecule has 4 N–H and O–H groups in total. The molecule has 92 valence electrons. The van der Waals surface area contributed by atoms with Crippen LogP contribution in [0.3, 0.4) is 0 Å². The van der Waals surface area contributed by atoms with Crippen LogP contribution in [0.5, 0.6) is 11.5 Å². The van der Waals surface area contributed by atoms with Gasteiger partial charge in [-0.05, 0) is 30.3 Å². The molecule has 18 heavy (non-hydrogen) atoms. The van der Waals surface area contributed by atoms with Crippen molar-refractivity contribution in [1.29, 1.82) is 0 Å². The maximum Gasteiger partial charge on any atom is 0.117 e. The normalized spacial score (nSPS) is 10.9. The summed E-state index contributed by atoms with van der Waals surface area (Å²) in [6.07, 6.45) is 1.51. The minimum absolute atomic E-state index is 0.0290. The first-order valence-electron chi connectivity index (χ1n) is 5.17. The van der Waals surface area contributed by atoms with Gasteiger partial charge >= 0.3 is 0 Å². The van der Waals surface area contributed by atoms with E-state index in [-0.39, 0.29) is 16.5 Å². The maximum absolute atomic E-state index is 9.42. The van der Waals surface area contributed by atoms with Crippen LogP contribution in [-0.4, -0.2) is 16.4 Å². The molecule has 2 aromatic rings. The number of nitrogen functional groups attached to an aromatic ring is 1. The third kappa shape index (κ3) is 2.73. The van der Waals surface area contributed by atoms with Crippen molar-refractivity contribution in [1.82, 2.24) is 0 Å². The first-order valence-corrected chi connectivity index (χ1v) is 5.55. The lowest BCUT2D eigenvalue weighted by Crippen LogP contribution is -1.93. The van der Waals surface area contributed by atoms with Crippen molar-refractivity contribution in [3.63, 3.8) is 0 Å². The molecule has 5 heteroatoms. The highest BCUT2D eigenvalue weighted by molar-refractivity contribution is 6.33. The molecule has 0 radical (unpaired) electrons. The SMILES string of the molecule is Nc1c(Cl)cc(O)cc1C=Nc1ccc(O)cc1. The van der Waals surface area contributed by atoms with Crippen LogP contribution in [0.1, 0.15) is 5.56 Å². The second-order valence-electron chi connectivity index (χ2n) is 3.71. The largest absolute Gasteiger partial charge is 0.508 e. The summed E-state index contributed by atoms with van der Waals surface area (Å²) in [6, 6.07) is 9.23. The van der Waals surface area contributed by atoms with E-state index in [4.69, 9.17) is 22.4 Å². The molecule has 0 heterocycles. The minimum Gasteiger partial charge on any atom is -0.508 e. The molecule has 0 saturated carbocycles. The molecule has 0 amide bonds. The van der Waals surface area contributed by atoms with Gasteiger partial charge in [0.1, 0.15) is 11.5 Å². The van der Waals surface area contributed by atoms with Gasteiger partial charge in [-0.2, -0.15) is 0 Å². The Morgan fingerprint density at radius 2 is 1.72 bits per heavy atom. The van der Waals surface area contributed by atoms with Gasteiger partial charge in [-0.15, -0.1) is 0 Å². The Bertz CT molecular complexity index is 595. The number of hydrogen-bond donors (Lipinski definition) is 3. The van der Waals surface area contributed by atoms with E-state index in [9.17, 15) is 5.11 Å². The lowest BCUT2D eigenvalue weighted by molar-refractivity contribution is 0.475. The average Bonchev–Trinajstić information content (AvgIpc) is 2.34. The van der Waals surface area contributed by atoms with Gasteiger partial charge in [0.2, 0.25) is 0 Å². The lowest BCUT2D eigenvalue weighted by Gasteiger charge is -2.03. The number of phenols is 2. The fourth-order valence-corrected chi connectivity index (χ4v) is 1.63. The third-order valence-electron chi connectivity index (χ3n) is 2.35. The predicted octanol–water partition coefficient (Wildman–Crippen LogP) is 3.08. The average molecular weight is 263 g/mol. The van der Waals surface area contributed by atoms with Crippen LogP contribution in [0, 0.1) is 0 Å². The Morgan fingerprint density at radius 1 is 1.06 bits per heavy atom. The van der Waals surface area contributed by atoms with E-state index >= 15 is 0 Å². The van der Waals surface area contributed by atoms with Crippen LogP contribution >= 0.6 is 11.6 Å². The Balaban J connectivity index is 2.31. The third-order valence-corrected chi connectivity index (χ3v) is 2.66. The molecule has 0 aliphatic rings. The molecular weight excluding hydrogens is 252 g/mol. The summed E-state index contributed by atoms with van der Waals surface area (Å²) in [5.74, 6) is 0.204. The molecule has 4 nitrogen and oxygen atoms in total. The molecule has 0 saturated heterocycles. The van der Waals surface area contributed by atoms with E-state index < -0.39 is 0 Å². The lowest BCUT2D eigenvalue weighted by atomic mass is 10.2. The molecule has 2 aromatic carbocycles. The molecule has 2 rings (SSSR count). The molecule has 0 bridgehead atoms. The van der Waals surface area contributed by atoms with Crippen LogP contribution in [-0.2, 0) is 0 Å². The van der Waals surface area contributed by atoms with Crippen molar-refractivity contribution in [3.8, 4) is 11.5 Å². The second kappa shape index (κ2) is 4.98. The maximum atomic E-state index is 9.42. The molecule has 0 unspecified atom stereocenters. The highest BCUT2D eigenvalue weighted by Gasteiger charge is 2.04. The van der Waals surface area contributed by atoms with Crippen LogP contribution in [0.25, 0.3) is 0 Å². The van der Waals surface area contributed by atoms with Crippen molar-refractivity contribution in [2.24, 2.45) is 4.99 Å². The first kappa shape index (κ1) is 12.3. The summed E-state index contributed by atoms with van der Waals surface area (Å²) in [5.41, 5.74) is 7.32. The van der Waals surface area contributed by atoms with Gasteiger partial charge < -0.3 is 15.9 Å². The fraction of sp³-hybridized carbons (Fsp3) is 0. The smallest absolute Gasteiger partial charge is 0.117 e. The first-order chi connectivity index (χ1) is 8.56. The van der Waals surface area contributed by atoms with E-state index in [1.165, 1.54) is 30.5 Å². The predicted molar refractivity (Wildman–Crippen MR) is 72.9 cm³/mol. The van der Waals surface area contributed by atoms with E-state index in [2.05, 4.69) is 4.99 Å². The molecular formula is C13H11ClN2O2. The van der Waals surface area contributed by atoms with Crippen molar-refractivity contribution in [2.75, 3.05) is 5.73 Å². The number of rotatable bonds is 2. The van der Waals surface area contributed by atoms with E-state index in [0.717, 1.165) is 0 Å². The van der Waals surface area contributed by atoms with E-state index in [1.54, 1.807) is 12.1 Å². The zero-order valence-corrected chi connectivity index (χ0v) is 10.1. The van der Waals surface area contributed by atoms with Gasteiger partial charge in [-0.1, -0.05) is 11.6 Å². The number of hydrogen-bond acceptors (Lipinski definition) is 4. The number of anilines is 1. The van der Waals surface area contributed by atoms with Crippen molar-refractivity contribution in [2.45, 2.75) is 0 Å². The van der Waals surface area contributed by atoms with Gasteiger partial charge in [0, 0.05) is 17.8 Å². The van der Waals surface area contributed by atoms with Gasteiger partial charge in [-0.25, -0.2) is 0 Å². The van der Waals surface area contributed by atoms with Gasteiger partial charge in [0.25, 0.3) is 0 Å². The highest BCUT2D eigenvalue weighted by atomic mass is 35.5. The fourth-order valence-electron chi connectivity index (χ4n) is 1.41. The van der Waals surface area contributed by atoms with Crippen LogP contribution in [0.4, 0.5) is 11.4 Å². The quantitative estimate of drug-likeness (QED) is 0.442. The van der Waals surface area contributed by atoms with Gasteiger partial charge in [-0.3, -0.25) is 4.99 Å². The Kier molecular flexibility index (Phi) is 3.39. The summed E-state index contributed by atoms with van der Waals surface area (Å²) < 4.78 is 0. The zero-order valence-electron chi connectivity index (χ0n) is 9.34. The Hall–Kier alpha value is -2.20. The molecule has 0 atom stereocenters. The second-order valence-corrected chi connectivity index (χ2v) is 4.11. The van der Waals surface area contributed by atoms with E-state index in [0.29, 0.717) is 16.9 Å². The van der Waals surface area contributed by atoms with Crippen molar-refractivity contribution in [3.05, 3.63) is 47.0 Å². The molecule has 0 aliphatic carbocycles. The van der Waals surface area contributed by atoms with Crippen LogP contribution in [0.15, 0.2) is 41.4 Å². The number of aromatic hydroxyl groups is 2. The standard InChI is InChI=1S/C13H11ClN2O2/c14-12-6-11(18)5-8(13(12)15)7-16-9-1-3-10(17)4-2-9/h1-7,17-18H,15H2. The summed E-state index contributed by atoms with van der Waals surface area (Å²) in [6.45, 7) is 0. The minimum atomic E-state index is 0.0290. The topological polar surface area (TPSA) is 78.8 Å². The molecule has 0 aromatic heterocycles.